The number of carbonyl (C=O) groups excluding carboxylic acids is 1. The van der Waals surface area contributed by atoms with Gasteiger partial charge in [0.05, 0.1) is 5.56 Å². The van der Waals surface area contributed by atoms with Crippen LogP contribution in [0.25, 0.3) is 0 Å². The fraction of sp³-hybridized carbons (Fsp3) is 0.143. The van der Waals surface area contributed by atoms with E-state index in [-0.39, 0.29) is 11.5 Å². The molecule has 1 atom stereocenters. The highest BCUT2D eigenvalue weighted by Crippen LogP contribution is 2.21. The fourth-order valence-electron chi connectivity index (χ4n) is 1.74. The number of nitrogens with one attached hydrogen (secondary N) is 1. The average Bonchev–Trinajstić information content (AvgIpc) is 2.93. The summed E-state index contributed by atoms with van der Waals surface area (Å²) >= 11 is 1.42. The molecule has 4 N–H and O–H groups in total. The van der Waals surface area contributed by atoms with Crippen molar-refractivity contribution in [1.82, 2.24) is 0 Å². The lowest BCUT2D eigenvalue weighted by atomic mass is 10.1. The number of aryl methyl sites for hydroxylation is 1. The predicted molar refractivity (Wildman–Crippen MR) is 78.0 cm³/mol. The van der Waals surface area contributed by atoms with Gasteiger partial charge in [-0.1, -0.05) is 6.07 Å². The summed E-state index contributed by atoms with van der Waals surface area (Å²) in [6.45, 7) is 1.73. The van der Waals surface area contributed by atoms with E-state index in [1.165, 1.54) is 23.5 Å². The van der Waals surface area contributed by atoms with Gasteiger partial charge >= 0.3 is 5.97 Å². The Kier molecular flexibility index (Phi) is 4.16. The highest BCUT2D eigenvalue weighted by molar-refractivity contribution is 7.10. The van der Waals surface area contributed by atoms with E-state index in [4.69, 9.17) is 10.8 Å². The van der Waals surface area contributed by atoms with Gasteiger partial charge in [-0.2, -0.15) is 0 Å². The Balaban J connectivity index is 2.14. The maximum absolute atomic E-state index is 12.0. The summed E-state index contributed by atoms with van der Waals surface area (Å²) in [6.07, 6.45) is 0. The fourth-order valence-corrected chi connectivity index (χ4v) is 2.47. The number of amides is 1. The van der Waals surface area contributed by atoms with E-state index >= 15 is 0 Å². The van der Waals surface area contributed by atoms with Crippen molar-refractivity contribution in [2.24, 2.45) is 5.73 Å². The molecule has 0 spiro atoms. The van der Waals surface area contributed by atoms with Crippen molar-refractivity contribution in [2.75, 3.05) is 5.32 Å². The zero-order chi connectivity index (χ0) is 14.7. The molecule has 1 unspecified atom stereocenters. The number of anilines is 1. The molecule has 1 aromatic heterocycles. The van der Waals surface area contributed by atoms with Crippen LogP contribution >= 0.6 is 11.3 Å². The summed E-state index contributed by atoms with van der Waals surface area (Å²) in [5.74, 6) is -1.32. The Labute approximate surface area is 120 Å². The van der Waals surface area contributed by atoms with E-state index in [1.54, 1.807) is 19.1 Å². The second-order valence-corrected chi connectivity index (χ2v) is 5.30. The molecule has 0 bridgehead atoms. The number of rotatable bonds is 4. The Bertz CT molecular complexity index is 638. The minimum absolute atomic E-state index is 0.183. The topological polar surface area (TPSA) is 92.4 Å². The Hall–Kier alpha value is -2.18. The lowest BCUT2D eigenvalue weighted by Gasteiger charge is -2.13. The number of carboxylic acid groups (broad SMARTS) is 1. The van der Waals surface area contributed by atoms with Crippen LogP contribution in [0, 0.1) is 6.92 Å². The van der Waals surface area contributed by atoms with Crippen LogP contribution in [0.15, 0.2) is 35.7 Å². The first-order valence-electron chi connectivity index (χ1n) is 5.93. The van der Waals surface area contributed by atoms with Crippen LogP contribution in [-0.2, 0) is 4.79 Å². The maximum atomic E-state index is 12.0. The van der Waals surface area contributed by atoms with Gasteiger partial charge in [0.15, 0.2) is 0 Å². The molecular weight excluding hydrogens is 276 g/mol. The maximum Gasteiger partial charge on any atom is 0.335 e. The minimum atomic E-state index is -0.999. The lowest BCUT2D eigenvalue weighted by Crippen LogP contribution is -2.27. The van der Waals surface area contributed by atoms with Crippen LogP contribution in [0.1, 0.15) is 26.8 Å². The molecule has 0 aliphatic carbocycles. The Morgan fingerprint density at radius 1 is 1.35 bits per heavy atom. The van der Waals surface area contributed by atoms with E-state index in [9.17, 15) is 9.59 Å². The van der Waals surface area contributed by atoms with E-state index in [0.29, 0.717) is 11.3 Å². The first-order chi connectivity index (χ1) is 9.49. The van der Waals surface area contributed by atoms with Crippen molar-refractivity contribution in [3.63, 3.8) is 0 Å². The monoisotopic (exact) mass is 290 g/mol. The van der Waals surface area contributed by atoms with Crippen LogP contribution in [0.4, 0.5) is 5.69 Å². The van der Waals surface area contributed by atoms with Crippen LogP contribution in [0.3, 0.4) is 0 Å². The number of hydrogen-bond donors (Lipinski definition) is 3. The average molecular weight is 290 g/mol. The predicted octanol–water partition coefficient (Wildman–Crippen LogP) is 2.39. The van der Waals surface area contributed by atoms with E-state index < -0.39 is 12.0 Å². The van der Waals surface area contributed by atoms with Crippen molar-refractivity contribution in [1.29, 1.82) is 0 Å². The number of hydrogen-bond acceptors (Lipinski definition) is 4. The molecule has 0 aliphatic heterocycles. The standard InChI is InChI=1S/C14H14N2O3S/c1-8-7-9(14(18)19)4-5-10(8)16-13(17)12(15)11-3-2-6-20-11/h2-7,12H,15H2,1H3,(H,16,17)(H,18,19). The molecular formula is C14H14N2O3S. The minimum Gasteiger partial charge on any atom is -0.478 e. The summed E-state index contributed by atoms with van der Waals surface area (Å²) < 4.78 is 0. The molecule has 0 radical (unpaired) electrons. The van der Waals surface area contributed by atoms with Gasteiger partial charge in [0.25, 0.3) is 0 Å². The zero-order valence-electron chi connectivity index (χ0n) is 10.8. The number of benzene rings is 1. The molecule has 5 nitrogen and oxygen atoms in total. The third kappa shape index (κ3) is 3.04. The molecule has 6 heteroatoms. The van der Waals surface area contributed by atoms with E-state index in [1.807, 2.05) is 11.4 Å². The summed E-state index contributed by atoms with van der Waals surface area (Å²) in [4.78, 5) is 23.7. The molecule has 1 aromatic carbocycles. The third-order valence-corrected chi connectivity index (χ3v) is 3.82. The van der Waals surface area contributed by atoms with Gasteiger partial charge in [-0.15, -0.1) is 11.3 Å². The molecule has 1 amide bonds. The summed E-state index contributed by atoms with van der Waals surface area (Å²) in [7, 11) is 0. The van der Waals surface area contributed by atoms with Gasteiger partial charge in [0, 0.05) is 10.6 Å². The number of carbonyl (C=O) groups is 2. The van der Waals surface area contributed by atoms with Crippen molar-refractivity contribution in [3.05, 3.63) is 51.7 Å². The van der Waals surface area contributed by atoms with Crippen LogP contribution in [0.2, 0.25) is 0 Å². The largest absolute Gasteiger partial charge is 0.478 e. The highest BCUT2D eigenvalue weighted by atomic mass is 32.1. The summed E-state index contributed by atoms with van der Waals surface area (Å²) in [5.41, 5.74) is 7.29. The molecule has 1 heterocycles. The zero-order valence-corrected chi connectivity index (χ0v) is 11.6. The number of aromatic carboxylic acids is 1. The Morgan fingerprint density at radius 2 is 2.10 bits per heavy atom. The Morgan fingerprint density at radius 3 is 2.65 bits per heavy atom. The number of nitrogens with two attached hydrogens (primary N) is 1. The molecule has 0 saturated heterocycles. The smallest absolute Gasteiger partial charge is 0.335 e. The van der Waals surface area contributed by atoms with Crippen LogP contribution in [-0.4, -0.2) is 17.0 Å². The molecule has 20 heavy (non-hydrogen) atoms. The molecule has 0 aliphatic rings. The molecule has 0 saturated carbocycles. The molecule has 0 fully saturated rings. The number of carboxylic acids is 1. The van der Waals surface area contributed by atoms with Gasteiger partial charge < -0.3 is 16.2 Å². The number of thiophene rings is 1. The molecule has 104 valence electrons. The second kappa shape index (κ2) is 5.85. The van der Waals surface area contributed by atoms with Gasteiger partial charge in [-0.3, -0.25) is 4.79 Å². The van der Waals surface area contributed by atoms with Gasteiger partial charge in [0.1, 0.15) is 6.04 Å². The lowest BCUT2D eigenvalue weighted by molar-refractivity contribution is -0.117. The van der Waals surface area contributed by atoms with Crippen molar-refractivity contribution in [2.45, 2.75) is 13.0 Å². The SMILES string of the molecule is Cc1cc(C(=O)O)ccc1NC(=O)C(N)c1cccs1. The quantitative estimate of drug-likeness (QED) is 0.806. The molecule has 2 aromatic rings. The highest BCUT2D eigenvalue weighted by Gasteiger charge is 2.17. The van der Waals surface area contributed by atoms with Gasteiger partial charge in [-0.25, -0.2) is 4.79 Å². The third-order valence-electron chi connectivity index (χ3n) is 2.86. The van der Waals surface area contributed by atoms with Crippen molar-refractivity contribution >= 4 is 28.9 Å². The summed E-state index contributed by atoms with van der Waals surface area (Å²) in [6, 6.07) is 7.43. The van der Waals surface area contributed by atoms with Crippen LogP contribution < -0.4 is 11.1 Å². The van der Waals surface area contributed by atoms with E-state index in [2.05, 4.69) is 5.32 Å². The summed E-state index contributed by atoms with van der Waals surface area (Å²) in [5, 5.41) is 13.5. The van der Waals surface area contributed by atoms with Gasteiger partial charge in [0.2, 0.25) is 5.91 Å². The first kappa shape index (κ1) is 14.2. The normalized spacial score (nSPS) is 11.9. The second-order valence-electron chi connectivity index (χ2n) is 4.32. The molecule has 2 rings (SSSR count). The first-order valence-corrected chi connectivity index (χ1v) is 6.81. The van der Waals surface area contributed by atoms with Crippen molar-refractivity contribution < 1.29 is 14.7 Å². The van der Waals surface area contributed by atoms with Gasteiger partial charge in [-0.05, 0) is 42.1 Å². The van der Waals surface area contributed by atoms with Crippen LogP contribution in [0.5, 0.6) is 0 Å². The van der Waals surface area contributed by atoms with Crippen molar-refractivity contribution in [3.8, 4) is 0 Å². The van der Waals surface area contributed by atoms with E-state index in [0.717, 1.165) is 4.88 Å².